The lowest BCUT2D eigenvalue weighted by molar-refractivity contribution is 0.0893. The van der Waals surface area contributed by atoms with Crippen molar-refractivity contribution in [2.24, 2.45) is 0 Å². The standard InChI is InChI=1S/C19H20N2O2/c1-14-9-11-15(12-10-14)18(22)17-8-5-13-21(17)19(23)20-16-6-3-2-4-7-16/h2-4,6-7,9-12,17H,5,8,13H2,1H3,(H,20,23). The zero-order valence-electron chi connectivity index (χ0n) is 13.2. The third-order valence-electron chi connectivity index (χ3n) is 4.18. The largest absolute Gasteiger partial charge is 0.322 e. The molecule has 1 saturated heterocycles. The summed E-state index contributed by atoms with van der Waals surface area (Å²) >= 11 is 0. The van der Waals surface area contributed by atoms with Gasteiger partial charge in [0.15, 0.2) is 5.78 Å². The monoisotopic (exact) mass is 308 g/mol. The molecule has 2 aromatic rings. The van der Waals surface area contributed by atoms with Crippen molar-refractivity contribution in [2.75, 3.05) is 11.9 Å². The number of hydrogen-bond acceptors (Lipinski definition) is 2. The van der Waals surface area contributed by atoms with Crippen LogP contribution in [0.4, 0.5) is 10.5 Å². The Hall–Kier alpha value is -2.62. The van der Waals surface area contributed by atoms with Gasteiger partial charge in [0, 0.05) is 17.8 Å². The van der Waals surface area contributed by atoms with Crippen LogP contribution in [-0.2, 0) is 0 Å². The molecular formula is C19H20N2O2. The Morgan fingerprint density at radius 3 is 2.43 bits per heavy atom. The highest BCUT2D eigenvalue weighted by Gasteiger charge is 2.34. The fourth-order valence-corrected chi connectivity index (χ4v) is 2.91. The minimum atomic E-state index is -0.374. The SMILES string of the molecule is Cc1ccc(C(=O)C2CCCN2C(=O)Nc2ccccc2)cc1. The van der Waals surface area contributed by atoms with E-state index in [2.05, 4.69) is 5.32 Å². The number of hydrogen-bond donors (Lipinski definition) is 1. The van der Waals surface area contributed by atoms with Crippen LogP contribution in [0.25, 0.3) is 0 Å². The number of carbonyl (C=O) groups excluding carboxylic acids is 2. The second kappa shape index (κ2) is 6.65. The quantitative estimate of drug-likeness (QED) is 0.875. The molecule has 0 saturated carbocycles. The second-order valence-corrected chi connectivity index (χ2v) is 5.88. The van der Waals surface area contributed by atoms with Crippen LogP contribution in [0.15, 0.2) is 54.6 Å². The summed E-state index contributed by atoms with van der Waals surface area (Å²) in [4.78, 5) is 26.8. The third-order valence-corrected chi connectivity index (χ3v) is 4.18. The van der Waals surface area contributed by atoms with Gasteiger partial charge in [0.05, 0.1) is 6.04 Å². The molecule has 1 fully saturated rings. The van der Waals surface area contributed by atoms with Gasteiger partial charge in [-0.15, -0.1) is 0 Å². The fraction of sp³-hybridized carbons (Fsp3) is 0.263. The zero-order valence-corrected chi connectivity index (χ0v) is 13.2. The average Bonchev–Trinajstić information content (AvgIpc) is 3.05. The van der Waals surface area contributed by atoms with Crippen LogP contribution in [0.1, 0.15) is 28.8 Å². The van der Waals surface area contributed by atoms with Crippen LogP contribution in [0, 0.1) is 6.92 Å². The Bertz CT molecular complexity index is 695. The Balaban J connectivity index is 1.73. The van der Waals surface area contributed by atoms with Crippen LogP contribution in [0.3, 0.4) is 0 Å². The molecule has 2 amide bonds. The van der Waals surface area contributed by atoms with Gasteiger partial charge < -0.3 is 10.2 Å². The number of nitrogens with one attached hydrogen (secondary N) is 1. The van der Waals surface area contributed by atoms with Crippen LogP contribution < -0.4 is 5.32 Å². The van der Waals surface area contributed by atoms with Gasteiger partial charge in [0.2, 0.25) is 0 Å². The maximum absolute atomic E-state index is 12.7. The molecule has 0 bridgehead atoms. The van der Waals surface area contributed by atoms with Crippen LogP contribution in [0.5, 0.6) is 0 Å². The summed E-state index contributed by atoms with van der Waals surface area (Å²) in [6.45, 7) is 2.60. The van der Waals surface area contributed by atoms with Crippen LogP contribution in [-0.4, -0.2) is 29.3 Å². The number of carbonyl (C=O) groups is 2. The van der Waals surface area contributed by atoms with E-state index in [9.17, 15) is 9.59 Å². The average molecular weight is 308 g/mol. The van der Waals surface area contributed by atoms with Crippen molar-refractivity contribution in [2.45, 2.75) is 25.8 Å². The lowest BCUT2D eigenvalue weighted by Gasteiger charge is -2.24. The van der Waals surface area contributed by atoms with Crippen molar-refractivity contribution in [1.82, 2.24) is 4.90 Å². The van der Waals surface area contributed by atoms with Gasteiger partial charge in [0.25, 0.3) is 0 Å². The van der Waals surface area contributed by atoms with Crippen molar-refractivity contribution >= 4 is 17.5 Å². The number of ketones is 1. The summed E-state index contributed by atoms with van der Waals surface area (Å²) in [6, 6.07) is 16.3. The topological polar surface area (TPSA) is 49.4 Å². The number of nitrogens with zero attached hydrogens (tertiary/aromatic N) is 1. The predicted molar refractivity (Wildman–Crippen MR) is 90.7 cm³/mol. The van der Waals surface area contributed by atoms with E-state index in [1.54, 1.807) is 4.90 Å². The molecule has 0 radical (unpaired) electrons. The minimum absolute atomic E-state index is 0.0192. The highest BCUT2D eigenvalue weighted by Crippen LogP contribution is 2.22. The van der Waals surface area contributed by atoms with Gasteiger partial charge in [-0.3, -0.25) is 4.79 Å². The van der Waals surface area contributed by atoms with Crippen molar-refractivity contribution in [1.29, 1.82) is 0 Å². The van der Waals surface area contributed by atoms with Gasteiger partial charge in [0.1, 0.15) is 0 Å². The molecule has 118 valence electrons. The Kier molecular flexibility index (Phi) is 4.42. The number of anilines is 1. The summed E-state index contributed by atoms with van der Waals surface area (Å²) in [5.74, 6) is 0.0192. The van der Waals surface area contributed by atoms with Gasteiger partial charge >= 0.3 is 6.03 Å². The first-order chi connectivity index (χ1) is 11.1. The molecule has 1 aliphatic heterocycles. The summed E-state index contributed by atoms with van der Waals surface area (Å²) in [6.07, 6.45) is 1.57. The first-order valence-electron chi connectivity index (χ1n) is 7.89. The number of amides is 2. The van der Waals surface area contributed by atoms with Crippen molar-refractivity contribution < 1.29 is 9.59 Å². The van der Waals surface area contributed by atoms with Crippen molar-refractivity contribution in [3.8, 4) is 0 Å². The van der Waals surface area contributed by atoms with Crippen molar-refractivity contribution in [3.05, 3.63) is 65.7 Å². The minimum Gasteiger partial charge on any atom is -0.314 e. The molecule has 4 heteroatoms. The van der Waals surface area contributed by atoms with Crippen molar-refractivity contribution in [3.63, 3.8) is 0 Å². The lowest BCUT2D eigenvalue weighted by Crippen LogP contribution is -2.42. The van der Waals surface area contributed by atoms with E-state index in [0.29, 0.717) is 12.1 Å². The van der Waals surface area contributed by atoms with E-state index in [0.717, 1.165) is 24.1 Å². The van der Waals surface area contributed by atoms with E-state index in [1.807, 2.05) is 61.5 Å². The molecular weight excluding hydrogens is 288 g/mol. The maximum Gasteiger partial charge on any atom is 0.322 e. The summed E-state index contributed by atoms with van der Waals surface area (Å²) in [5.41, 5.74) is 2.53. The number of para-hydroxylation sites is 1. The molecule has 1 heterocycles. The fourth-order valence-electron chi connectivity index (χ4n) is 2.91. The predicted octanol–water partition coefficient (Wildman–Crippen LogP) is 3.87. The lowest BCUT2D eigenvalue weighted by atomic mass is 10.0. The molecule has 1 N–H and O–H groups in total. The van der Waals surface area contributed by atoms with Gasteiger partial charge in [-0.1, -0.05) is 48.0 Å². The molecule has 23 heavy (non-hydrogen) atoms. The summed E-state index contributed by atoms with van der Waals surface area (Å²) in [5, 5.41) is 2.86. The smallest absolute Gasteiger partial charge is 0.314 e. The molecule has 1 unspecified atom stereocenters. The maximum atomic E-state index is 12.7. The van der Waals surface area contributed by atoms with E-state index >= 15 is 0 Å². The molecule has 0 aromatic heterocycles. The molecule has 3 rings (SSSR count). The number of benzene rings is 2. The second-order valence-electron chi connectivity index (χ2n) is 5.88. The molecule has 1 aliphatic rings. The third kappa shape index (κ3) is 3.42. The highest BCUT2D eigenvalue weighted by molar-refractivity contribution is 6.03. The number of Topliss-reactive ketones (excluding diaryl/α,β-unsaturated/α-hetero) is 1. The molecule has 2 aromatic carbocycles. The van der Waals surface area contributed by atoms with E-state index < -0.39 is 0 Å². The Labute approximate surface area is 136 Å². The van der Waals surface area contributed by atoms with E-state index in [-0.39, 0.29) is 17.9 Å². The van der Waals surface area contributed by atoms with Crippen LogP contribution in [0.2, 0.25) is 0 Å². The number of aryl methyl sites for hydroxylation is 1. The Morgan fingerprint density at radius 1 is 1.04 bits per heavy atom. The van der Waals surface area contributed by atoms with Gasteiger partial charge in [-0.2, -0.15) is 0 Å². The number of urea groups is 1. The first-order valence-corrected chi connectivity index (χ1v) is 7.89. The Morgan fingerprint density at radius 2 is 1.74 bits per heavy atom. The molecule has 4 nitrogen and oxygen atoms in total. The number of likely N-dealkylation sites (tertiary alicyclic amines) is 1. The zero-order chi connectivity index (χ0) is 16.2. The van der Waals surface area contributed by atoms with E-state index in [1.165, 1.54) is 0 Å². The number of rotatable bonds is 3. The van der Waals surface area contributed by atoms with Gasteiger partial charge in [-0.05, 0) is 31.9 Å². The van der Waals surface area contributed by atoms with Gasteiger partial charge in [-0.25, -0.2) is 4.79 Å². The molecule has 0 aliphatic carbocycles. The highest BCUT2D eigenvalue weighted by atomic mass is 16.2. The molecule has 0 spiro atoms. The first kappa shape index (κ1) is 15.3. The molecule has 1 atom stereocenters. The summed E-state index contributed by atoms with van der Waals surface area (Å²) in [7, 11) is 0. The summed E-state index contributed by atoms with van der Waals surface area (Å²) < 4.78 is 0. The normalized spacial score (nSPS) is 17.1. The van der Waals surface area contributed by atoms with Crippen LogP contribution >= 0.6 is 0 Å². The van der Waals surface area contributed by atoms with E-state index in [4.69, 9.17) is 0 Å².